The molecule has 2 atom stereocenters. The molecule has 9 heavy (non-hydrogen) atoms. The van der Waals surface area contributed by atoms with Gasteiger partial charge in [0.15, 0.2) is 0 Å². The van der Waals surface area contributed by atoms with E-state index in [0.29, 0.717) is 6.54 Å². The van der Waals surface area contributed by atoms with Crippen molar-refractivity contribution in [3.8, 4) is 0 Å². The summed E-state index contributed by atoms with van der Waals surface area (Å²) in [7, 11) is 0. The van der Waals surface area contributed by atoms with E-state index in [0.717, 1.165) is 13.0 Å². The van der Waals surface area contributed by atoms with Gasteiger partial charge in [0.2, 0.25) is 0 Å². The minimum atomic E-state index is -0.344. The first-order valence-electron chi connectivity index (χ1n) is 3.34. The highest BCUT2D eigenvalue weighted by atomic mass is 16.3. The van der Waals surface area contributed by atoms with E-state index in [2.05, 4.69) is 5.32 Å². The van der Waals surface area contributed by atoms with Crippen molar-refractivity contribution >= 4 is 0 Å². The SMILES string of the molecule is OCC1CCNCC1O. The molecule has 1 fully saturated rings. The monoisotopic (exact) mass is 131 g/mol. The molecule has 0 amide bonds. The third kappa shape index (κ3) is 1.64. The van der Waals surface area contributed by atoms with E-state index in [1.54, 1.807) is 0 Å². The normalized spacial score (nSPS) is 36.7. The van der Waals surface area contributed by atoms with Crippen LogP contribution in [-0.4, -0.2) is 36.0 Å². The Labute approximate surface area is 54.7 Å². The summed E-state index contributed by atoms with van der Waals surface area (Å²) in [5.41, 5.74) is 0. The van der Waals surface area contributed by atoms with Crippen LogP contribution < -0.4 is 5.32 Å². The third-order valence-corrected chi connectivity index (χ3v) is 1.82. The van der Waals surface area contributed by atoms with Crippen molar-refractivity contribution in [2.24, 2.45) is 5.92 Å². The van der Waals surface area contributed by atoms with Crippen LogP contribution in [0, 0.1) is 5.92 Å². The second-order valence-corrected chi connectivity index (χ2v) is 2.50. The molecule has 1 aliphatic rings. The van der Waals surface area contributed by atoms with E-state index in [9.17, 15) is 0 Å². The van der Waals surface area contributed by atoms with Crippen LogP contribution in [0.15, 0.2) is 0 Å². The van der Waals surface area contributed by atoms with E-state index < -0.39 is 0 Å². The van der Waals surface area contributed by atoms with Crippen molar-refractivity contribution in [2.75, 3.05) is 19.7 Å². The minimum absolute atomic E-state index is 0.103. The van der Waals surface area contributed by atoms with Crippen LogP contribution in [0.4, 0.5) is 0 Å². The smallest absolute Gasteiger partial charge is 0.0715 e. The number of rotatable bonds is 1. The highest BCUT2D eigenvalue weighted by Crippen LogP contribution is 2.10. The van der Waals surface area contributed by atoms with Crippen LogP contribution >= 0.6 is 0 Å². The van der Waals surface area contributed by atoms with Gasteiger partial charge >= 0.3 is 0 Å². The first kappa shape index (κ1) is 6.99. The predicted octanol–water partition coefficient (Wildman–Crippen LogP) is -1.05. The van der Waals surface area contributed by atoms with Crippen LogP contribution in [0.3, 0.4) is 0 Å². The summed E-state index contributed by atoms with van der Waals surface area (Å²) in [5.74, 6) is 0.103. The summed E-state index contributed by atoms with van der Waals surface area (Å²) < 4.78 is 0. The van der Waals surface area contributed by atoms with Crippen molar-refractivity contribution in [1.29, 1.82) is 0 Å². The lowest BCUT2D eigenvalue weighted by atomic mass is 9.96. The zero-order valence-electron chi connectivity index (χ0n) is 5.38. The second-order valence-electron chi connectivity index (χ2n) is 2.50. The molecule has 1 rings (SSSR count). The van der Waals surface area contributed by atoms with Gasteiger partial charge in [-0.25, -0.2) is 0 Å². The number of aliphatic hydroxyl groups is 2. The van der Waals surface area contributed by atoms with Crippen molar-refractivity contribution in [2.45, 2.75) is 12.5 Å². The van der Waals surface area contributed by atoms with E-state index in [-0.39, 0.29) is 18.6 Å². The number of hydrogen-bond acceptors (Lipinski definition) is 3. The van der Waals surface area contributed by atoms with Crippen LogP contribution in [0.5, 0.6) is 0 Å². The Hall–Kier alpha value is -0.120. The largest absolute Gasteiger partial charge is 0.396 e. The molecule has 54 valence electrons. The number of aliphatic hydroxyl groups excluding tert-OH is 2. The van der Waals surface area contributed by atoms with Crippen molar-refractivity contribution < 1.29 is 10.2 Å². The van der Waals surface area contributed by atoms with Gasteiger partial charge in [-0.05, 0) is 13.0 Å². The Morgan fingerprint density at radius 3 is 2.78 bits per heavy atom. The highest BCUT2D eigenvalue weighted by molar-refractivity contribution is 4.75. The summed E-state index contributed by atoms with van der Waals surface area (Å²) in [4.78, 5) is 0. The number of nitrogens with one attached hydrogen (secondary N) is 1. The van der Waals surface area contributed by atoms with Gasteiger partial charge in [0.1, 0.15) is 0 Å². The van der Waals surface area contributed by atoms with Crippen molar-refractivity contribution in [3.05, 3.63) is 0 Å². The second kappa shape index (κ2) is 3.15. The van der Waals surface area contributed by atoms with E-state index in [4.69, 9.17) is 10.2 Å². The van der Waals surface area contributed by atoms with Gasteiger partial charge in [0.25, 0.3) is 0 Å². The molecule has 3 N–H and O–H groups in total. The van der Waals surface area contributed by atoms with Crippen LogP contribution in [0.2, 0.25) is 0 Å². The number of piperidine rings is 1. The summed E-state index contributed by atoms with van der Waals surface area (Å²) >= 11 is 0. The molecule has 2 unspecified atom stereocenters. The molecule has 0 spiro atoms. The van der Waals surface area contributed by atoms with Gasteiger partial charge in [-0.2, -0.15) is 0 Å². The molecular formula is C6H13NO2. The van der Waals surface area contributed by atoms with E-state index in [1.807, 2.05) is 0 Å². The molecule has 0 bridgehead atoms. The van der Waals surface area contributed by atoms with Crippen molar-refractivity contribution in [1.82, 2.24) is 5.32 Å². The van der Waals surface area contributed by atoms with Crippen LogP contribution in [-0.2, 0) is 0 Å². The zero-order chi connectivity index (χ0) is 6.69. The molecule has 3 nitrogen and oxygen atoms in total. The summed E-state index contributed by atoms with van der Waals surface area (Å²) in [6.45, 7) is 1.66. The fraction of sp³-hybridized carbons (Fsp3) is 1.00. The molecule has 0 aromatic heterocycles. The fourth-order valence-electron chi connectivity index (χ4n) is 1.11. The Morgan fingerprint density at radius 1 is 1.56 bits per heavy atom. The van der Waals surface area contributed by atoms with E-state index in [1.165, 1.54) is 0 Å². The molecule has 1 heterocycles. The van der Waals surface area contributed by atoms with Gasteiger partial charge < -0.3 is 15.5 Å². The number of hydrogen-bond donors (Lipinski definition) is 3. The maximum atomic E-state index is 9.15. The molecular weight excluding hydrogens is 118 g/mol. The van der Waals surface area contributed by atoms with Gasteiger partial charge in [-0.3, -0.25) is 0 Å². The number of β-amino-alcohol motifs (C(OH)–C–C–N with tert-alkyl or cyclic N) is 1. The molecule has 1 aliphatic heterocycles. The lowest BCUT2D eigenvalue weighted by Crippen LogP contribution is -2.41. The maximum absolute atomic E-state index is 9.15. The molecule has 3 heteroatoms. The van der Waals surface area contributed by atoms with Gasteiger partial charge in [0.05, 0.1) is 6.10 Å². The minimum Gasteiger partial charge on any atom is -0.396 e. The third-order valence-electron chi connectivity index (χ3n) is 1.82. The van der Waals surface area contributed by atoms with Crippen LogP contribution in [0.1, 0.15) is 6.42 Å². The van der Waals surface area contributed by atoms with Crippen molar-refractivity contribution in [3.63, 3.8) is 0 Å². The summed E-state index contributed by atoms with van der Waals surface area (Å²) in [5, 5.41) is 20.9. The van der Waals surface area contributed by atoms with Gasteiger partial charge in [-0.1, -0.05) is 0 Å². The van der Waals surface area contributed by atoms with E-state index >= 15 is 0 Å². The highest BCUT2D eigenvalue weighted by Gasteiger charge is 2.20. The average Bonchev–Trinajstić information content (AvgIpc) is 1.89. The standard InChI is InChI=1S/C6H13NO2/c8-4-5-1-2-7-3-6(5)9/h5-9H,1-4H2. The Morgan fingerprint density at radius 2 is 2.33 bits per heavy atom. The quantitative estimate of drug-likeness (QED) is 0.425. The maximum Gasteiger partial charge on any atom is 0.0715 e. The zero-order valence-corrected chi connectivity index (χ0v) is 5.38. The molecule has 0 aliphatic carbocycles. The van der Waals surface area contributed by atoms with Gasteiger partial charge in [0, 0.05) is 19.1 Å². The Balaban J connectivity index is 2.30. The Bertz CT molecular complexity index is 87.1. The molecule has 0 aromatic rings. The topological polar surface area (TPSA) is 52.5 Å². The molecule has 0 aromatic carbocycles. The lowest BCUT2D eigenvalue weighted by Gasteiger charge is -2.26. The first-order chi connectivity index (χ1) is 4.34. The molecule has 0 radical (unpaired) electrons. The fourth-order valence-corrected chi connectivity index (χ4v) is 1.11. The van der Waals surface area contributed by atoms with Gasteiger partial charge in [-0.15, -0.1) is 0 Å². The summed E-state index contributed by atoms with van der Waals surface area (Å²) in [6.07, 6.45) is 0.543. The molecule has 0 saturated carbocycles. The average molecular weight is 131 g/mol. The first-order valence-corrected chi connectivity index (χ1v) is 3.34. The Kier molecular flexibility index (Phi) is 2.45. The predicted molar refractivity (Wildman–Crippen MR) is 34.1 cm³/mol. The summed E-state index contributed by atoms with van der Waals surface area (Å²) in [6, 6.07) is 0. The lowest BCUT2D eigenvalue weighted by molar-refractivity contribution is 0.0460. The van der Waals surface area contributed by atoms with Crippen LogP contribution in [0.25, 0.3) is 0 Å². The molecule has 1 saturated heterocycles.